The third-order valence-electron chi connectivity index (χ3n) is 3.18. The van der Waals surface area contributed by atoms with E-state index in [-0.39, 0.29) is 6.04 Å². The van der Waals surface area contributed by atoms with Crippen molar-refractivity contribution in [3.8, 4) is 0 Å². The smallest absolute Gasteiger partial charge is 0.191 e. The van der Waals surface area contributed by atoms with E-state index in [9.17, 15) is 0 Å². The van der Waals surface area contributed by atoms with Crippen molar-refractivity contribution >= 4 is 29.1 Å². The van der Waals surface area contributed by atoms with Gasteiger partial charge in [0.25, 0.3) is 0 Å². The molecule has 0 aliphatic rings. The van der Waals surface area contributed by atoms with Crippen molar-refractivity contribution in [3.63, 3.8) is 0 Å². The average molecular weight is 334 g/mol. The van der Waals surface area contributed by atoms with Crippen molar-refractivity contribution in [1.82, 2.24) is 4.90 Å². The minimum Gasteiger partial charge on any atom is -0.404 e. The zero-order valence-electron chi connectivity index (χ0n) is 14.2. The molecule has 1 aromatic rings. The van der Waals surface area contributed by atoms with E-state index in [4.69, 9.17) is 11.5 Å². The number of aliphatic imine (C=N–C) groups is 2. The largest absolute Gasteiger partial charge is 0.404 e. The third-order valence-corrected chi connectivity index (χ3v) is 4.21. The number of hydrogen-bond acceptors (Lipinski definition) is 4. The van der Waals surface area contributed by atoms with Gasteiger partial charge in [0.15, 0.2) is 5.96 Å². The van der Waals surface area contributed by atoms with E-state index in [1.807, 2.05) is 26.4 Å². The Bertz CT molecular complexity index is 584. The molecule has 0 amide bonds. The summed E-state index contributed by atoms with van der Waals surface area (Å²) in [6.07, 6.45) is 7.03. The lowest BCUT2D eigenvalue weighted by molar-refractivity contribution is 0.597. The van der Waals surface area contributed by atoms with Gasteiger partial charge in [0, 0.05) is 43.5 Å². The number of nitrogens with zero attached hydrogens (tertiary/aromatic N) is 3. The number of thiophene rings is 1. The molecule has 1 heterocycles. The maximum atomic E-state index is 5.95. The molecular formula is C17H27N5S. The fourth-order valence-corrected chi connectivity index (χ4v) is 2.82. The Morgan fingerprint density at radius 3 is 2.78 bits per heavy atom. The number of rotatable bonds is 8. The molecule has 0 aliphatic heterocycles. The first-order chi connectivity index (χ1) is 11.0. The van der Waals surface area contributed by atoms with Crippen molar-refractivity contribution < 1.29 is 0 Å². The summed E-state index contributed by atoms with van der Waals surface area (Å²) >= 11 is 1.65. The lowest BCUT2D eigenvalue weighted by Gasteiger charge is -2.15. The van der Waals surface area contributed by atoms with E-state index in [0.29, 0.717) is 5.96 Å². The minimum absolute atomic E-state index is 0.0275. The zero-order valence-corrected chi connectivity index (χ0v) is 15.0. The summed E-state index contributed by atoms with van der Waals surface area (Å²) in [6.45, 7) is 6.71. The molecule has 1 rings (SSSR count). The van der Waals surface area contributed by atoms with E-state index in [0.717, 1.165) is 35.4 Å². The Labute approximate surface area is 143 Å². The first-order valence-corrected chi connectivity index (χ1v) is 8.53. The molecule has 0 aliphatic carbocycles. The molecule has 5 nitrogen and oxygen atoms in total. The van der Waals surface area contributed by atoms with Crippen molar-refractivity contribution in [2.45, 2.75) is 25.8 Å². The molecule has 0 bridgehead atoms. The fourth-order valence-electron chi connectivity index (χ4n) is 1.85. The average Bonchev–Trinajstić information content (AvgIpc) is 3.00. The maximum Gasteiger partial charge on any atom is 0.191 e. The highest BCUT2D eigenvalue weighted by Gasteiger charge is 2.14. The van der Waals surface area contributed by atoms with E-state index in [1.165, 1.54) is 0 Å². The molecule has 0 fully saturated rings. The van der Waals surface area contributed by atoms with Gasteiger partial charge in [0.1, 0.15) is 0 Å². The molecule has 1 aromatic heterocycles. The number of hydrogen-bond donors (Lipinski definition) is 2. The number of allylic oxidation sites excluding steroid dienone is 1. The Kier molecular flexibility index (Phi) is 8.11. The van der Waals surface area contributed by atoms with Gasteiger partial charge in [0.05, 0.1) is 6.04 Å². The van der Waals surface area contributed by atoms with Crippen molar-refractivity contribution in [2.75, 3.05) is 20.6 Å². The Morgan fingerprint density at radius 2 is 2.22 bits per heavy atom. The van der Waals surface area contributed by atoms with Gasteiger partial charge in [0.2, 0.25) is 0 Å². The maximum absolute atomic E-state index is 5.95. The molecule has 6 heteroatoms. The summed E-state index contributed by atoms with van der Waals surface area (Å²) < 4.78 is 0. The second-order valence-corrected chi connectivity index (χ2v) is 6.26. The van der Waals surface area contributed by atoms with Gasteiger partial charge in [-0.25, -0.2) is 4.99 Å². The van der Waals surface area contributed by atoms with Crippen LogP contribution in [0.2, 0.25) is 0 Å². The minimum atomic E-state index is -0.0275. The van der Waals surface area contributed by atoms with Crippen LogP contribution in [0.25, 0.3) is 5.57 Å². The topological polar surface area (TPSA) is 80.0 Å². The second kappa shape index (κ2) is 9.84. The molecule has 0 radical (unpaired) electrons. The normalized spacial score (nSPS) is 14.2. The lowest BCUT2D eigenvalue weighted by Crippen LogP contribution is -2.30. The molecule has 0 aromatic carbocycles. The van der Waals surface area contributed by atoms with Crippen LogP contribution in [-0.2, 0) is 0 Å². The van der Waals surface area contributed by atoms with Crippen molar-refractivity contribution in [2.24, 2.45) is 21.5 Å². The quantitative estimate of drug-likeness (QED) is 0.436. The van der Waals surface area contributed by atoms with Crippen LogP contribution in [0.5, 0.6) is 0 Å². The molecule has 126 valence electrons. The van der Waals surface area contributed by atoms with Gasteiger partial charge in [-0.2, -0.15) is 0 Å². The molecule has 23 heavy (non-hydrogen) atoms. The standard InChI is InChI=1S/C17H27N5S/c1-5-7-15(21-17(19)22(3)4)16-9-13(12-23-16)14(10-18)11-20-8-6-2/h5,9-12,15H,1,6-8,18H2,2-4H3,(H2,19,21)/b14-10+,20-11?. The summed E-state index contributed by atoms with van der Waals surface area (Å²) in [5.74, 6) is 0.505. The third kappa shape index (κ3) is 5.90. The zero-order chi connectivity index (χ0) is 17.2. The van der Waals surface area contributed by atoms with Gasteiger partial charge < -0.3 is 16.4 Å². The summed E-state index contributed by atoms with van der Waals surface area (Å²) in [4.78, 5) is 11.9. The highest BCUT2D eigenvalue weighted by Crippen LogP contribution is 2.30. The fraction of sp³-hybridized carbons (Fsp3) is 0.412. The van der Waals surface area contributed by atoms with E-state index in [2.05, 4.69) is 34.9 Å². The van der Waals surface area contributed by atoms with Crippen LogP contribution in [0, 0.1) is 0 Å². The van der Waals surface area contributed by atoms with Crippen molar-refractivity contribution in [1.29, 1.82) is 0 Å². The van der Waals surface area contributed by atoms with Gasteiger partial charge in [-0.1, -0.05) is 13.0 Å². The number of nitrogens with two attached hydrogens (primary N) is 2. The first kappa shape index (κ1) is 19.0. The van der Waals surface area contributed by atoms with Crippen molar-refractivity contribution in [3.05, 3.63) is 40.7 Å². The van der Waals surface area contributed by atoms with E-state index < -0.39 is 0 Å². The number of guanidine groups is 1. The molecule has 0 saturated carbocycles. The predicted octanol–water partition coefficient (Wildman–Crippen LogP) is 3.02. The van der Waals surface area contributed by atoms with Crippen LogP contribution < -0.4 is 11.5 Å². The van der Waals surface area contributed by atoms with E-state index in [1.54, 1.807) is 22.4 Å². The van der Waals surface area contributed by atoms with Crippen LogP contribution >= 0.6 is 11.3 Å². The predicted molar refractivity (Wildman–Crippen MR) is 103 cm³/mol. The van der Waals surface area contributed by atoms with Crippen LogP contribution in [0.4, 0.5) is 0 Å². The molecule has 0 saturated heterocycles. The van der Waals surface area contributed by atoms with Gasteiger partial charge in [-0.05, 0) is 29.9 Å². The Hall–Kier alpha value is -2.08. The molecule has 1 unspecified atom stereocenters. The van der Waals surface area contributed by atoms with Crippen LogP contribution in [0.15, 0.2) is 40.3 Å². The second-order valence-electron chi connectivity index (χ2n) is 5.32. The van der Waals surface area contributed by atoms with Crippen LogP contribution in [0.1, 0.15) is 36.2 Å². The van der Waals surface area contributed by atoms with Gasteiger partial charge in [-0.3, -0.25) is 4.99 Å². The molecular weight excluding hydrogens is 306 g/mol. The summed E-state index contributed by atoms with van der Waals surface area (Å²) in [5.41, 5.74) is 13.7. The van der Waals surface area contributed by atoms with Gasteiger partial charge >= 0.3 is 0 Å². The Balaban J connectivity index is 3.02. The van der Waals surface area contributed by atoms with Crippen LogP contribution in [-0.4, -0.2) is 37.7 Å². The Morgan fingerprint density at radius 1 is 1.48 bits per heavy atom. The SMILES string of the molecule is C=CCC(N=C(N)N(C)C)c1cc(/C(C=NCCC)=C/N)cs1. The highest BCUT2D eigenvalue weighted by atomic mass is 32.1. The molecule has 4 N–H and O–H groups in total. The molecule has 1 atom stereocenters. The highest BCUT2D eigenvalue weighted by molar-refractivity contribution is 7.10. The van der Waals surface area contributed by atoms with Crippen LogP contribution in [0.3, 0.4) is 0 Å². The summed E-state index contributed by atoms with van der Waals surface area (Å²) in [5, 5.41) is 2.07. The lowest BCUT2D eigenvalue weighted by atomic mass is 10.1. The summed E-state index contributed by atoms with van der Waals surface area (Å²) in [6, 6.07) is 2.07. The summed E-state index contributed by atoms with van der Waals surface area (Å²) in [7, 11) is 3.76. The van der Waals surface area contributed by atoms with E-state index >= 15 is 0 Å². The molecule has 0 spiro atoms. The monoisotopic (exact) mass is 333 g/mol. The first-order valence-electron chi connectivity index (χ1n) is 7.65. The van der Waals surface area contributed by atoms with Gasteiger partial charge in [-0.15, -0.1) is 17.9 Å².